The molecule has 14 heteroatoms. The molecular weight excluding hydrogens is 993 g/mol. The molecule has 14 nitrogen and oxygen atoms in total. The van der Waals surface area contributed by atoms with Gasteiger partial charge in [-0.2, -0.15) is 9.97 Å². The highest BCUT2D eigenvalue weighted by atomic mass is 16.5. The highest BCUT2D eigenvalue weighted by Crippen LogP contribution is 2.44. The summed E-state index contributed by atoms with van der Waals surface area (Å²) in [5.41, 5.74) is 6.06. The van der Waals surface area contributed by atoms with Gasteiger partial charge in [-0.3, -0.25) is 4.79 Å². The van der Waals surface area contributed by atoms with Crippen LogP contribution in [0, 0.1) is 11.8 Å². The van der Waals surface area contributed by atoms with Crippen molar-refractivity contribution in [3.05, 3.63) is 113 Å². The van der Waals surface area contributed by atoms with Crippen molar-refractivity contribution in [1.29, 1.82) is 0 Å². The fourth-order valence-electron chi connectivity index (χ4n) is 10.4. The number of hydrogen-bond donors (Lipinski definition) is 3. The van der Waals surface area contributed by atoms with Gasteiger partial charge in [0, 0.05) is 30.6 Å². The number of anilines is 1. The number of carbonyl (C=O) groups excluding carboxylic acids is 2. The van der Waals surface area contributed by atoms with Crippen molar-refractivity contribution in [3.8, 4) is 40.4 Å². The highest BCUT2D eigenvalue weighted by Gasteiger charge is 2.30. The van der Waals surface area contributed by atoms with E-state index in [1.165, 1.54) is 77.0 Å². The van der Waals surface area contributed by atoms with Crippen LogP contribution in [-0.4, -0.2) is 80.7 Å². The Morgan fingerprint density at radius 3 is 1.67 bits per heavy atom. The molecule has 4 aromatic carbocycles. The van der Waals surface area contributed by atoms with Crippen LogP contribution in [0.4, 0.5) is 10.7 Å². The molecule has 1 aliphatic carbocycles. The van der Waals surface area contributed by atoms with E-state index in [9.17, 15) is 9.59 Å². The number of hydrogen-bond acceptors (Lipinski definition) is 12. The van der Waals surface area contributed by atoms with Gasteiger partial charge in [0.1, 0.15) is 23.9 Å². The van der Waals surface area contributed by atoms with Crippen LogP contribution in [0.25, 0.3) is 11.1 Å². The molecule has 0 aliphatic heterocycles. The number of unbranched alkanes of at least 4 members (excludes halogenated alkanes) is 11. The number of benzene rings is 4. The van der Waals surface area contributed by atoms with E-state index in [1.54, 1.807) is 32.4 Å². The smallest absolute Gasteiger partial charge is 0.407 e. The number of rotatable bonds is 40. The van der Waals surface area contributed by atoms with Crippen LogP contribution in [-0.2, 0) is 9.53 Å². The molecular formula is C65H92N6O8. The van der Waals surface area contributed by atoms with Gasteiger partial charge in [0.15, 0.2) is 6.61 Å². The van der Waals surface area contributed by atoms with Crippen molar-refractivity contribution in [1.82, 2.24) is 25.6 Å². The Morgan fingerprint density at radius 2 is 1.10 bits per heavy atom. The lowest BCUT2D eigenvalue weighted by Crippen LogP contribution is -2.31. The normalized spacial score (nSPS) is 12.9. The Morgan fingerprint density at radius 1 is 0.557 bits per heavy atom. The van der Waals surface area contributed by atoms with Gasteiger partial charge in [-0.25, -0.2) is 4.79 Å². The Kier molecular flexibility index (Phi) is 27.4. The second kappa shape index (κ2) is 35.1. The molecule has 5 aromatic rings. The maximum atomic E-state index is 13.7. The summed E-state index contributed by atoms with van der Waals surface area (Å²) in [7, 11) is 3.18. The lowest BCUT2D eigenvalue weighted by atomic mass is 9.96. The molecule has 0 radical (unpaired) electrons. The van der Waals surface area contributed by atoms with Crippen molar-refractivity contribution < 1.29 is 38.0 Å². The first kappa shape index (κ1) is 61.6. The molecule has 0 fully saturated rings. The minimum Gasteiger partial charge on any atom is -0.497 e. The Labute approximate surface area is 472 Å². The molecule has 79 heavy (non-hydrogen) atoms. The third kappa shape index (κ3) is 20.6. The van der Waals surface area contributed by atoms with Crippen molar-refractivity contribution in [3.63, 3.8) is 0 Å². The minimum atomic E-state index is -0.640. The summed E-state index contributed by atoms with van der Waals surface area (Å²) in [4.78, 5) is 40.6. The van der Waals surface area contributed by atoms with E-state index in [0.29, 0.717) is 78.9 Å². The average Bonchev–Trinajstić information content (AvgIpc) is 4.06. The largest absolute Gasteiger partial charge is 0.497 e. The zero-order valence-corrected chi connectivity index (χ0v) is 48.5. The Balaban J connectivity index is 0.958. The predicted octanol–water partition coefficient (Wildman–Crippen LogP) is 15.0. The van der Waals surface area contributed by atoms with Crippen LogP contribution in [0.15, 0.2) is 91.0 Å². The van der Waals surface area contributed by atoms with Gasteiger partial charge in [0.2, 0.25) is 5.95 Å². The van der Waals surface area contributed by atoms with E-state index in [1.807, 2.05) is 48.5 Å². The Hall–Kier alpha value is -6.57. The van der Waals surface area contributed by atoms with Crippen LogP contribution < -0.4 is 39.6 Å². The van der Waals surface area contributed by atoms with Gasteiger partial charge >= 0.3 is 18.1 Å². The lowest BCUT2D eigenvalue weighted by molar-refractivity contribution is -0.123. The third-order valence-corrected chi connectivity index (χ3v) is 15.0. The molecule has 1 aliphatic rings. The van der Waals surface area contributed by atoms with Gasteiger partial charge in [0.25, 0.3) is 5.91 Å². The number of carbonyl (C=O) groups is 2. The van der Waals surface area contributed by atoms with E-state index < -0.39 is 12.1 Å². The molecule has 0 bridgehead atoms. The number of amides is 2. The molecule has 3 N–H and O–H groups in total. The molecule has 430 valence electrons. The van der Waals surface area contributed by atoms with Gasteiger partial charge < -0.3 is 44.4 Å². The zero-order chi connectivity index (χ0) is 55.9. The molecule has 3 atom stereocenters. The number of aromatic nitrogens is 3. The maximum absolute atomic E-state index is 13.7. The first-order valence-electron chi connectivity index (χ1n) is 29.9. The molecule has 1 heterocycles. The van der Waals surface area contributed by atoms with E-state index in [2.05, 4.69) is 72.9 Å². The number of nitrogens with zero attached hydrogens (tertiary/aromatic N) is 3. The first-order chi connectivity index (χ1) is 38.8. The number of fused-ring (bicyclic) bond motifs is 3. The summed E-state index contributed by atoms with van der Waals surface area (Å²) in [5, 5.41) is 9.51. The maximum Gasteiger partial charge on any atom is 0.407 e. The highest BCUT2D eigenvalue weighted by molar-refractivity contribution is 5.79. The number of methoxy groups -OCH3 is 2. The zero-order valence-electron chi connectivity index (χ0n) is 48.5. The molecule has 0 spiro atoms. The first-order valence-corrected chi connectivity index (χ1v) is 29.9. The molecule has 6 rings (SSSR count). The SMILES string of the molecule is CCCCCCC(CCCC)COc1nc(NCCCCCCNC(=O)COc2ccc(C(NC(=O)OCC3c4ccccc4-c4ccccc43)c3ccc(OC)cc3OC)cc2)nc(OCC(CCCC)CCCCCC)n1. The summed E-state index contributed by atoms with van der Waals surface area (Å²) >= 11 is 0. The molecule has 3 unspecified atom stereocenters. The predicted molar refractivity (Wildman–Crippen MR) is 316 cm³/mol. The lowest BCUT2D eigenvalue weighted by Gasteiger charge is -2.23. The van der Waals surface area contributed by atoms with E-state index in [4.69, 9.17) is 38.4 Å². The minimum absolute atomic E-state index is 0.0835. The monoisotopic (exact) mass is 1080 g/mol. The van der Waals surface area contributed by atoms with Crippen molar-refractivity contribution in [2.24, 2.45) is 11.8 Å². The number of alkyl carbamates (subject to hydrolysis) is 1. The quantitative estimate of drug-likeness (QED) is 0.0319. The van der Waals surface area contributed by atoms with E-state index in [0.717, 1.165) is 79.2 Å². The van der Waals surface area contributed by atoms with Crippen LogP contribution in [0.2, 0.25) is 0 Å². The van der Waals surface area contributed by atoms with Crippen LogP contribution in [0.5, 0.6) is 29.3 Å². The molecule has 0 saturated carbocycles. The topological polar surface area (TPSA) is 164 Å². The van der Waals surface area contributed by atoms with Crippen molar-refractivity contribution >= 4 is 17.9 Å². The summed E-state index contributed by atoms with van der Waals surface area (Å²) < 4.78 is 35.8. The number of nitrogens with one attached hydrogen (secondary N) is 3. The molecule has 1 aromatic heterocycles. The van der Waals surface area contributed by atoms with E-state index in [-0.39, 0.29) is 25.0 Å². The molecule has 0 saturated heterocycles. The molecule has 2 amide bonds. The van der Waals surface area contributed by atoms with Crippen LogP contribution in [0.3, 0.4) is 0 Å². The summed E-state index contributed by atoms with van der Waals surface area (Å²) in [6.07, 6.45) is 22.4. The standard InChI is InChI=1S/C65H92N6O8/c1-7-11-15-19-29-48(27-13-9-3)44-77-63-69-62(70-64(71-63)78-45-49(28-14-10-4)30-20-16-12-8-2)67-42-26-18-17-25-41-66-60(72)47-76-51-37-35-50(36-38-51)61(57-40-39-52(74-5)43-59(57)75-6)68-65(73)79-46-58-55-33-23-21-31-53(55)54-32-22-24-34-56(54)58/h21-24,31-40,43,48-49,58,61H,7-20,25-30,41-42,44-47H2,1-6H3,(H,66,72)(H,68,73)(H,67,69,70,71). The van der Waals surface area contributed by atoms with Crippen LogP contribution >= 0.6 is 0 Å². The van der Waals surface area contributed by atoms with Crippen molar-refractivity contribution in [2.75, 3.05) is 59.1 Å². The fourth-order valence-corrected chi connectivity index (χ4v) is 10.4. The summed E-state index contributed by atoms with van der Waals surface area (Å²) in [6.45, 7) is 11.5. The summed E-state index contributed by atoms with van der Waals surface area (Å²) in [6, 6.07) is 29.3. The summed E-state index contributed by atoms with van der Waals surface area (Å²) in [5.74, 6) is 2.82. The van der Waals surface area contributed by atoms with Gasteiger partial charge in [-0.15, -0.1) is 4.98 Å². The second-order valence-electron chi connectivity index (χ2n) is 21.1. The van der Waals surface area contributed by atoms with Crippen LogP contribution in [0.1, 0.15) is 190 Å². The van der Waals surface area contributed by atoms with Crippen molar-refractivity contribution in [2.45, 2.75) is 168 Å². The Bertz CT molecular complexity index is 2450. The van der Waals surface area contributed by atoms with Gasteiger partial charge in [0.05, 0.1) is 33.5 Å². The number of ether oxygens (including phenoxy) is 6. The fraction of sp³-hybridized carbons (Fsp3) is 0.554. The average molecular weight is 1090 g/mol. The third-order valence-electron chi connectivity index (χ3n) is 15.0. The second-order valence-corrected chi connectivity index (χ2v) is 21.1. The van der Waals surface area contributed by atoms with E-state index >= 15 is 0 Å². The van der Waals surface area contributed by atoms with Gasteiger partial charge in [-0.05, 0) is 102 Å². The van der Waals surface area contributed by atoms with Gasteiger partial charge in [-0.1, -0.05) is 178 Å².